The average Bonchev–Trinajstić information content (AvgIpc) is 3.44. The molecule has 2 amide bonds. The Bertz CT molecular complexity index is 1020. The number of anilines is 1. The number of pyridine rings is 1. The zero-order chi connectivity index (χ0) is 22.2. The predicted octanol–water partition coefficient (Wildman–Crippen LogP) is 4.23. The highest BCUT2D eigenvalue weighted by atomic mass is 19.4. The minimum absolute atomic E-state index is 0.0978. The summed E-state index contributed by atoms with van der Waals surface area (Å²) in [6.07, 6.45) is -0.299. The van der Waals surface area contributed by atoms with E-state index >= 15 is 0 Å². The standard InChI is InChI=1S/C22H22F3N3O3/c1-13-8-15(4-5-18(13)31-12-22(23,24)25)10-28-11-17-16(21(28)30)6-7-26-20(17)27-19(29)9-14-2-3-14/h4-8,14H,2-3,9-12H2,1H3,(H,26,27,29). The molecule has 0 unspecified atom stereocenters. The van der Waals surface area contributed by atoms with Crippen molar-refractivity contribution in [2.75, 3.05) is 11.9 Å². The number of amides is 2. The van der Waals surface area contributed by atoms with Crippen molar-refractivity contribution in [3.63, 3.8) is 0 Å². The van der Waals surface area contributed by atoms with E-state index in [0.29, 0.717) is 41.4 Å². The minimum Gasteiger partial charge on any atom is -0.484 e. The number of fused-ring (bicyclic) bond motifs is 1. The monoisotopic (exact) mass is 433 g/mol. The van der Waals surface area contributed by atoms with Crippen LogP contribution in [0.3, 0.4) is 0 Å². The molecule has 1 aliphatic carbocycles. The Morgan fingerprint density at radius 2 is 2.06 bits per heavy atom. The van der Waals surface area contributed by atoms with Crippen molar-refractivity contribution in [3.8, 4) is 5.75 Å². The summed E-state index contributed by atoms with van der Waals surface area (Å²) in [6, 6.07) is 6.47. The number of rotatable bonds is 7. The summed E-state index contributed by atoms with van der Waals surface area (Å²) in [7, 11) is 0. The van der Waals surface area contributed by atoms with Gasteiger partial charge in [-0.05, 0) is 48.9 Å². The molecule has 0 saturated heterocycles. The Hall–Kier alpha value is -3.10. The molecule has 1 saturated carbocycles. The first kappa shape index (κ1) is 21.1. The van der Waals surface area contributed by atoms with Crippen LogP contribution >= 0.6 is 0 Å². The molecule has 164 valence electrons. The number of carbonyl (C=O) groups excluding carboxylic acids is 2. The van der Waals surface area contributed by atoms with Gasteiger partial charge in [0.05, 0.1) is 6.54 Å². The van der Waals surface area contributed by atoms with Gasteiger partial charge in [-0.15, -0.1) is 0 Å². The predicted molar refractivity (Wildman–Crippen MR) is 107 cm³/mol. The number of alkyl halides is 3. The van der Waals surface area contributed by atoms with Crippen LogP contribution in [-0.4, -0.2) is 34.5 Å². The second-order valence-electron chi connectivity index (χ2n) is 8.05. The maximum Gasteiger partial charge on any atom is 0.422 e. The summed E-state index contributed by atoms with van der Waals surface area (Å²) in [5.41, 5.74) is 2.50. The van der Waals surface area contributed by atoms with Crippen LogP contribution in [0.1, 0.15) is 46.3 Å². The molecule has 1 fully saturated rings. The summed E-state index contributed by atoms with van der Waals surface area (Å²) in [4.78, 5) is 30.9. The normalized spacial score (nSPS) is 15.7. The third-order valence-electron chi connectivity index (χ3n) is 5.36. The van der Waals surface area contributed by atoms with Gasteiger partial charge in [-0.1, -0.05) is 12.1 Å². The van der Waals surface area contributed by atoms with Gasteiger partial charge in [-0.3, -0.25) is 9.59 Å². The van der Waals surface area contributed by atoms with Crippen LogP contribution in [0, 0.1) is 12.8 Å². The molecule has 2 aliphatic rings. The van der Waals surface area contributed by atoms with Crippen LogP contribution in [0.25, 0.3) is 0 Å². The first-order valence-corrected chi connectivity index (χ1v) is 10.1. The van der Waals surface area contributed by atoms with E-state index < -0.39 is 12.8 Å². The Labute approximate surface area is 177 Å². The smallest absolute Gasteiger partial charge is 0.422 e. The molecule has 0 atom stereocenters. The molecule has 0 radical (unpaired) electrons. The average molecular weight is 433 g/mol. The number of nitrogens with one attached hydrogen (secondary N) is 1. The fourth-order valence-electron chi connectivity index (χ4n) is 3.64. The Morgan fingerprint density at radius 1 is 1.29 bits per heavy atom. The van der Waals surface area contributed by atoms with E-state index in [0.717, 1.165) is 18.4 Å². The van der Waals surface area contributed by atoms with Gasteiger partial charge in [0, 0.05) is 30.3 Å². The fourth-order valence-corrected chi connectivity index (χ4v) is 3.64. The quantitative estimate of drug-likeness (QED) is 0.710. The zero-order valence-corrected chi connectivity index (χ0v) is 17.0. The molecule has 2 heterocycles. The van der Waals surface area contributed by atoms with E-state index in [1.807, 2.05) is 0 Å². The van der Waals surface area contributed by atoms with Gasteiger partial charge in [0.2, 0.25) is 5.91 Å². The summed E-state index contributed by atoms with van der Waals surface area (Å²) in [5, 5.41) is 2.82. The van der Waals surface area contributed by atoms with Crippen LogP contribution in [0.5, 0.6) is 5.75 Å². The number of carbonyl (C=O) groups is 2. The minimum atomic E-state index is -4.40. The van der Waals surface area contributed by atoms with Gasteiger partial charge in [-0.2, -0.15) is 13.2 Å². The van der Waals surface area contributed by atoms with E-state index in [2.05, 4.69) is 10.3 Å². The van der Waals surface area contributed by atoms with E-state index in [1.165, 1.54) is 12.3 Å². The van der Waals surface area contributed by atoms with Crippen LogP contribution in [0.4, 0.5) is 19.0 Å². The van der Waals surface area contributed by atoms with Crippen LogP contribution < -0.4 is 10.1 Å². The third kappa shape index (κ3) is 5.15. The Balaban J connectivity index is 1.43. The first-order valence-electron chi connectivity index (χ1n) is 10.1. The van der Waals surface area contributed by atoms with Gasteiger partial charge >= 0.3 is 6.18 Å². The second kappa shape index (κ2) is 8.20. The highest BCUT2D eigenvalue weighted by Crippen LogP contribution is 2.34. The van der Waals surface area contributed by atoms with E-state index in [4.69, 9.17) is 4.74 Å². The van der Waals surface area contributed by atoms with Gasteiger partial charge in [0.15, 0.2) is 6.61 Å². The third-order valence-corrected chi connectivity index (χ3v) is 5.36. The van der Waals surface area contributed by atoms with Crippen LogP contribution in [0.2, 0.25) is 0 Å². The number of aryl methyl sites for hydroxylation is 1. The summed E-state index contributed by atoms with van der Waals surface area (Å²) < 4.78 is 41.9. The lowest BCUT2D eigenvalue weighted by molar-refractivity contribution is -0.153. The van der Waals surface area contributed by atoms with Gasteiger partial charge in [0.25, 0.3) is 5.91 Å². The van der Waals surface area contributed by atoms with Gasteiger partial charge in [0.1, 0.15) is 11.6 Å². The van der Waals surface area contributed by atoms with Crippen LogP contribution in [-0.2, 0) is 17.9 Å². The van der Waals surface area contributed by atoms with E-state index in [1.54, 1.807) is 30.0 Å². The second-order valence-corrected chi connectivity index (χ2v) is 8.05. The highest BCUT2D eigenvalue weighted by molar-refractivity contribution is 6.01. The van der Waals surface area contributed by atoms with Crippen LogP contribution in [0.15, 0.2) is 30.5 Å². The van der Waals surface area contributed by atoms with Gasteiger partial charge < -0.3 is 15.0 Å². The Kier molecular flexibility index (Phi) is 5.60. The van der Waals surface area contributed by atoms with Crippen molar-refractivity contribution >= 4 is 17.6 Å². The number of hydrogen-bond donors (Lipinski definition) is 1. The van der Waals surface area contributed by atoms with E-state index in [9.17, 15) is 22.8 Å². The molecule has 1 aromatic heterocycles. The molecule has 6 nitrogen and oxygen atoms in total. The summed E-state index contributed by atoms with van der Waals surface area (Å²) in [6.45, 7) is 0.887. The van der Waals surface area contributed by atoms with E-state index in [-0.39, 0.29) is 24.1 Å². The van der Waals surface area contributed by atoms with Crippen molar-refractivity contribution in [2.24, 2.45) is 5.92 Å². The molecule has 1 N–H and O–H groups in total. The summed E-state index contributed by atoms with van der Waals surface area (Å²) in [5.74, 6) is 0.735. The van der Waals surface area contributed by atoms with Crippen molar-refractivity contribution in [2.45, 2.75) is 45.5 Å². The molecule has 2 aromatic rings. The number of ether oxygens (including phenoxy) is 1. The Morgan fingerprint density at radius 3 is 2.74 bits per heavy atom. The summed E-state index contributed by atoms with van der Waals surface area (Å²) >= 11 is 0. The number of aromatic nitrogens is 1. The van der Waals surface area contributed by atoms with Crippen molar-refractivity contribution in [3.05, 3.63) is 52.7 Å². The van der Waals surface area contributed by atoms with Crippen molar-refractivity contribution in [1.29, 1.82) is 0 Å². The molecule has 1 aliphatic heterocycles. The first-order chi connectivity index (χ1) is 14.7. The zero-order valence-electron chi connectivity index (χ0n) is 17.0. The molecule has 0 spiro atoms. The number of nitrogens with zero attached hydrogens (tertiary/aromatic N) is 2. The molecule has 9 heteroatoms. The maximum absolute atomic E-state index is 12.8. The SMILES string of the molecule is Cc1cc(CN2Cc3c(ccnc3NC(=O)CC3CC3)C2=O)ccc1OCC(F)(F)F. The molecular formula is C22H22F3N3O3. The van der Waals surface area contributed by atoms with Crippen molar-refractivity contribution < 1.29 is 27.5 Å². The lowest BCUT2D eigenvalue weighted by atomic mass is 10.1. The fraction of sp³-hybridized carbons (Fsp3) is 0.409. The van der Waals surface area contributed by atoms with Gasteiger partial charge in [-0.25, -0.2) is 4.98 Å². The lowest BCUT2D eigenvalue weighted by Gasteiger charge is -2.17. The number of halogens is 3. The topological polar surface area (TPSA) is 71.5 Å². The van der Waals surface area contributed by atoms with Crippen molar-refractivity contribution in [1.82, 2.24) is 9.88 Å². The molecule has 4 rings (SSSR count). The number of benzene rings is 1. The molecule has 31 heavy (non-hydrogen) atoms. The molecular weight excluding hydrogens is 411 g/mol. The number of hydrogen-bond acceptors (Lipinski definition) is 4. The highest BCUT2D eigenvalue weighted by Gasteiger charge is 2.32. The molecule has 1 aromatic carbocycles. The molecule has 0 bridgehead atoms. The maximum atomic E-state index is 12.8. The largest absolute Gasteiger partial charge is 0.484 e. The lowest BCUT2D eigenvalue weighted by Crippen LogP contribution is -2.23.